The number of anilines is 1. The molecule has 0 bridgehead atoms. The highest BCUT2D eigenvalue weighted by molar-refractivity contribution is 5.95. The van der Waals surface area contributed by atoms with Crippen molar-refractivity contribution in [3.63, 3.8) is 0 Å². The maximum absolute atomic E-state index is 12.5. The third-order valence-electron chi connectivity index (χ3n) is 4.66. The zero-order valence-corrected chi connectivity index (χ0v) is 13.5. The zero-order chi connectivity index (χ0) is 15.6. The van der Waals surface area contributed by atoms with Crippen LogP contribution in [0.2, 0.25) is 0 Å². The van der Waals surface area contributed by atoms with Crippen molar-refractivity contribution in [2.45, 2.75) is 46.1 Å². The second kappa shape index (κ2) is 6.06. The number of piperidine rings is 1. The van der Waals surface area contributed by atoms with Crippen LogP contribution >= 0.6 is 0 Å². The van der Waals surface area contributed by atoms with Crippen molar-refractivity contribution in [2.24, 2.45) is 5.92 Å². The summed E-state index contributed by atoms with van der Waals surface area (Å²) < 4.78 is 5.81. The lowest BCUT2D eigenvalue weighted by atomic mass is 9.83. The minimum Gasteiger partial charge on any atom is -0.456 e. The van der Waals surface area contributed by atoms with Crippen LogP contribution in [0, 0.1) is 19.8 Å². The van der Waals surface area contributed by atoms with Crippen molar-refractivity contribution in [1.29, 1.82) is 0 Å². The van der Waals surface area contributed by atoms with Gasteiger partial charge in [0.1, 0.15) is 5.60 Å². The molecule has 4 heteroatoms. The number of ether oxygens (including phenoxy) is 1. The fraction of sp³-hybridized carbons (Fsp3) is 0.588. The van der Waals surface area contributed by atoms with Crippen molar-refractivity contribution >= 4 is 11.7 Å². The van der Waals surface area contributed by atoms with E-state index in [9.17, 15) is 4.79 Å². The Morgan fingerprint density at radius 2 is 1.81 bits per heavy atom. The average Bonchev–Trinajstić information content (AvgIpc) is 2.43. The van der Waals surface area contributed by atoms with Gasteiger partial charge in [-0.25, -0.2) is 4.79 Å². The van der Waals surface area contributed by atoms with Crippen LogP contribution in [0.25, 0.3) is 0 Å². The van der Waals surface area contributed by atoms with Crippen molar-refractivity contribution in [3.05, 3.63) is 28.8 Å². The van der Waals surface area contributed by atoms with E-state index in [4.69, 9.17) is 10.5 Å². The molecule has 0 spiro atoms. The van der Waals surface area contributed by atoms with Gasteiger partial charge in [0.05, 0.1) is 18.7 Å². The Morgan fingerprint density at radius 3 is 2.43 bits per heavy atom. The number of quaternary nitrogens is 1. The number of nitrogen functional groups attached to an aromatic ring is 1. The summed E-state index contributed by atoms with van der Waals surface area (Å²) in [6.07, 6.45) is 2.17. The molecule has 1 aliphatic heterocycles. The molecule has 0 saturated carbocycles. The van der Waals surface area contributed by atoms with E-state index in [1.54, 1.807) is 0 Å². The van der Waals surface area contributed by atoms with Crippen LogP contribution in [0.5, 0.6) is 0 Å². The molecule has 0 radical (unpaired) electrons. The molecule has 1 aromatic rings. The highest BCUT2D eigenvalue weighted by Gasteiger charge is 2.35. The zero-order valence-electron chi connectivity index (χ0n) is 13.5. The van der Waals surface area contributed by atoms with Gasteiger partial charge >= 0.3 is 5.97 Å². The van der Waals surface area contributed by atoms with Crippen LogP contribution in [0.4, 0.5) is 5.69 Å². The number of carbonyl (C=O) groups is 1. The summed E-state index contributed by atoms with van der Waals surface area (Å²) in [7, 11) is 0. The number of nitrogens with two attached hydrogens (primary N) is 2. The van der Waals surface area contributed by atoms with Crippen LogP contribution in [0.15, 0.2) is 12.1 Å². The highest BCUT2D eigenvalue weighted by Crippen LogP contribution is 2.30. The normalized spacial score (nSPS) is 16.8. The second-order valence-electron chi connectivity index (χ2n) is 6.66. The van der Waals surface area contributed by atoms with Crippen LogP contribution in [0.3, 0.4) is 0 Å². The molecule has 4 nitrogen and oxygen atoms in total. The van der Waals surface area contributed by atoms with Gasteiger partial charge in [-0.2, -0.15) is 0 Å². The third kappa shape index (κ3) is 3.56. The number of rotatable bonds is 3. The molecule has 1 aliphatic rings. The molecular formula is C17H27N2O2+. The van der Waals surface area contributed by atoms with E-state index in [0.717, 1.165) is 37.1 Å². The standard InChI is InChI=1S/C17H26N2O2/c1-11-9-14(15(18)10-12(11)2)16(20)21-17(3,4)13-5-7-19-8-6-13/h9-10,13,19H,5-8,18H2,1-4H3/p+1. The van der Waals surface area contributed by atoms with E-state index < -0.39 is 5.60 Å². The van der Waals surface area contributed by atoms with Gasteiger partial charge in [0.15, 0.2) is 0 Å². The lowest BCUT2D eigenvalue weighted by molar-refractivity contribution is -0.665. The van der Waals surface area contributed by atoms with Crippen LogP contribution < -0.4 is 11.1 Å². The topological polar surface area (TPSA) is 68.9 Å². The van der Waals surface area contributed by atoms with Crippen LogP contribution in [-0.2, 0) is 4.74 Å². The number of esters is 1. The largest absolute Gasteiger partial charge is 0.456 e. The second-order valence-corrected chi connectivity index (χ2v) is 6.66. The van der Waals surface area contributed by atoms with E-state index in [0.29, 0.717) is 17.2 Å². The molecule has 21 heavy (non-hydrogen) atoms. The van der Waals surface area contributed by atoms with E-state index in [1.807, 2.05) is 39.8 Å². The lowest BCUT2D eigenvalue weighted by Crippen LogP contribution is -2.86. The molecule has 116 valence electrons. The van der Waals surface area contributed by atoms with E-state index in [-0.39, 0.29) is 5.97 Å². The van der Waals surface area contributed by atoms with Gasteiger partial charge in [-0.1, -0.05) is 0 Å². The lowest BCUT2D eigenvalue weighted by Gasteiger charge is -2.35. The first kappa shape index (κ1) is 15.8. The number of benzene rings is 1. The molecule has 1 aromatic carbocycles. The maximum atomic E-state index is 12.5. The molecule has 0 atom stereocenters. The predicted octanol–water partition coefficient (Wildman–Crippen LogP) is 1.79. The van der Waals surface area contributed by atoms with E-state index in [1.165, 1.54) is 0 Å². The Labute approximate surface area is 127 Å². The molecule has 2 rings (SSSR count). The summed E-state index contributed by atoms with van der Waals surface area (Å²) in [6.45, 7) is 10.2. The van der Waals surface area contributed by atoms with Crippen molar-refractivity contribution in [1.82, 2.24) is 0 Å². The van der Waals surface area contributed by atoms with Gasteiger partial charge in [0.2, 0.25) is 0 Å². The SMILES string of the molecule is Cc1cc(N)c(C(=O)OC(C)(C)C2CC[NH2+]CC2)cc1C. The quantitative estimate of drug-likeness (QED) is 0.659. The molecule has 1 saturated heterocycles. The summed E-state index contributed by atoms with van der Waals surface area (Å²) in [5, 5.41) is 2.32. The Hall–Kier alpha value is -1.55. The molecule has 0 aliphatic carbocycles. The average molecular weight is 291 g/mol. The first-order valence-electron chi connectivity index (χ1n) is 7.73. The Bertz CT molecular complexity index is 532. The first-order valence-corrected chi connectivity index (χ1v) is 7.73. The van der Waals surface area contributed by atoms with Gasteiger partial charge < -0.3 is 15.8 Å². The summed E-state index contributed by atoms with van der Waals surface area (Å²) in [5.74, 6) is 0.106. The number of hydrogen-bond acceptors (Lipinski definition) is 3. The highest BCUT2D eigenvalue weighted by atomic mass is 16.6. The molecule has 0 unspecified atom stereocenters. The van der Waals surface area contributed by atoms with Crippen LogP contribution in [-0.4, -0.2) is 24.7 Å². The smallest absolute Gasteiger partial charge is 0.340 e. The summed E-state index contributed by atoms with van der Waals surface area (Å²) in [6, 6.07) is 3.67. The Kier molecular flexibility index (Phi) is 4.57. The summed E-state index contributed by atoms with van der Waals surface area (Å²) in [5.41, 5.74) is 8.66. The predicted molar refractivity (Wildman–Crippen MR) is 84.2 cm³/mol. The third-order valence-corrected chi connectivity index (χ3v) is 4.66. The van der Waals surface area contributed by atoms with Crippen molar-refractivity contribution in [2.75, 3.05) is 18.8 Å². The fourth-order valence-electron chi connectivity index (χ4n) is 3.01. The Balaban J connectivity index is 2.15. The Morgan fingerprint density at radius 1 is 1.24 bits per heavy atom. The minimum atomic E-state index is -0.448. The molecule has 1 fully saturated rings. The molecule has 0 amide bonds. The fourth-order valence-corrected chi connectivity index (χ4v) is 3.01. The van der Waals surface area contributed by atoms with Gasteiger partial charge in [-0.15, -0.1) is 0 Å². The van der Waals surface area contributed by atoms with Gasteiger partial charge in [-0.05, 0) is 51.0 Å². The number of hydrogen-bond donors (Lipinski definition) is 2. The van der Waals surface area contributed by atoms with E-state index in [2.05, 4.69) is 5.32 Å². The monoisotopic (exact) mass is 291 g/mol. The van der Waals surface area contributed by atoms with Gasteiger partial charge in [0.25, 0.3) is 0 Å². The molecule has 0 aromatic heterocycles. The molecule has 1 heterocycles. The van der Waals surface area contributed by atoms with E-state index >= 15 is 0 Å². The molecular weight excluding hydrogens is 264 g/mol. The number of carbonyl (C=O) groups excluding carboxylic acids is 1. The van der Waals surface area contributed by atoms with Gasteiger partial charge in [0, 0.05) is 24.4 Å². The first-order chi connectivity index (χ1) is 9.81. The van der Waals surface area contributed by atoms with Crippen molar-refractivity contribution < 1.29 is 14.8 Å². The summed E-state index contributed by atoms with van der Waals surface area (Å²) in [4.78, 5) is 12.5. The summed E-state index contributed by atoms with van der Waals surface area (Å²) >= 11 is 0. The maximum Gasteiger partial charge on any atom is 0.340 e. The van der Waals surface area contributed by atoms with Crippen LogP contribution in [0.1, 0.15) is 48.2 Å². The molecule has 4 N–H and O–H groups in total. The number of aryl methyl sites for hydroxylation is 2. The van der Waals surface area contributed by atoms with Gasteiger partial charge in [-0.3, -0.25) is 0 Å². The minimum absolute atomic E-state index is 0.310. The van der Waals surface area contributed by atoms with Crippen molar-refractivity contribution in [3.8, 4) is 0 Å².